The normalized spacial score (nSPS) is 26.4. The second-order valence-corrected chi connectivity index (χ2v) is 6.21. The number of imidazole rings is 1. The topological polar surface area (TPSA) is 50.1 Å². The van der Waals surface area contributed by atoms with E-state index in [0.29, 0.717) is 6.04 Å². The van der Waals surface area contributed by atoms with Crippen LogP contribution in [0.4, 0.5) is 0 Å². The van der Waals surface area contributed by atoms with Crippen LogP contribution in [-0.2, 0) is 13.6 Å². The molecule has 3 rings (SSSR count). The number of aliphatic hydroxyl groups excluding tert-OH is 1. The molecule has 0 bridgehead atoms. The molecule has 4 nitrogen and oxygen atoms in total. The number of nitrogens with one attached hydrogen (secondary N) is 1. The van der Waals surface area contributed by atoms with Gasteiger partial charge in [0.05, 0.1) is 17.6 Å². The predicted octanol–water partition coefficient (Wildman–Crippen LogP) is 2.21. The summed E-state index contributed by atoms with van der Waals surface area (Å²) in [5.41, 5.74) is 2.23. The summed E-state index contributed by atoms with van der Waals surface area (Å²) in [6.45, 7) is 3.19. The predicted molar refractivity (Wildman–Crippen MR) is 80.4 cm³/mol. The minimum Gasteiger partial charge on any atom is -0.396 e. The van der Waals surface area contributed by atoms with Gasteiger partial charge in [0.25, 0.3) is 0 Å². The molecule has 0 amide bonds. The zero-order valence-corrected chi connectivity index (χ0v) is 12.3. The van der Waals surface area contributed by atoms with Crippen molar-refractivity contribution >= 4 is 11.0 Å². The Morgan fingerprint density at radius 3 is 3.00 bits per heavy atom. The number of para-hydroxylation sites is 2. The maximum absolute atomic E-state index is 9.60. The molecule has 0 radical (unpaired) electrons. The highest BCUT2D eigenvalue weighted by atomic mass is 16.3. The number of rotatable bonds is 4. The van der Waals surface area contributed by atoms with Crippen LogP contribution in [0.15, 0.2) is 24.3 Å². The number of nitrogens with zero attached hydrogens (tertiary/aromatic N) is 2. The zero-order valence-electron chi connectivity index (χ0n) is 12.3. The number of fused-ring (bicyclic) bond motifs is 1. The zero-order chi connectivity index (χ0) is 14.2. The SMILES string of the molecule is Cn1c(CNC2CCCC2(C)CO)nc2ccccc21. The van der Waals surface area contributed by atoms with Crippen LogP contribution in [0.2, 0.25) is 0 Å². The Kier molecular flexibility index (Phi) is 3.52. The molecule has 108 valence electrons. The van der Waals surface area contributed by atoms with E-state index in [2.05, 4.69) is 34.9 Å². The first kappa shape index (κ1) is 13.6. The number of aromatic nitrogens is 2. The number of benzene rings is 1. The van der Waals surface area contributed by atoms with E-state index < -0.39 is 0 Å². The van der Waals surface area contributed by atoms with Gasteiger partial charge in [-0.25, -0.2) is 4.98 Å². The third kappa shape index (κ3) is 2.23. The van der Waals surface area contributed by atoms with Crippen LogP contribution < -0.4 is 5.32 Å². The van der Waals surface area contributed by atoms with Crippen LogP contribution in [0.3, 0.4) is 0 Å². The maximum Gasteiger partial charge on any atom is 0.123 e. The van der Waals surface area contributed by atoms with Crippen molar-refractivity contribution in [1.82, 2.24) is 14.9 Å². The highest BCUT2D eigenvalue weighted by molar-refractivity contribution is 5.75. The van der Waals surface area contributed by atoms with Crippen molar-refractivity contribution in [1.29, 1.82) is 0 Å². The molecule has 1 aliphatic rings. The van der Waals surface area contributed by atoms with Gasteiger partial charge in [-0.15, -0.1) is 0 Å². The molecule has 2 aromatic rings. The summed E-state index contributed by atoms with van der Waals surface area (Å²) in [5.74, 6) is 1.05. The van der Waals surface area contributed by atoms with Gasteiger partial charge in [0.1, 0.15) is 5.82 Å². The van der Waals surface area contributed by atoms with Crippen molar-refractivity contribution in [2.75, 3.05) is 6.61 Å². The average molecular weight is 273 g/mol. The summed E-state index contributed by atoms with van der Waals surface area (Å²) in [6, 6.07) is 8.59. The van der Waals surface area contributed by atoms with Crippen LogP contribution in [0.25, 0.3) is 11.0 Å². The van der Waals surface area contributed by atoms with Gasteiger partial charge in [-0.3, -0.25) is 0 Å². The van der Waals surface area contributed by atoms with Gasteiger partial charge in [-0.1, -0.05) is 25.5 Å². The first-order valence-electron chi connectivity index (χ1n) is 7.39. The molecule has 0 saturated heterocycles. The Hall–Kier alpha value is -1.39. The minimum absolute atomic E-state index is 0.0184. The molecule has 2 atom stereocenters. The molecule has 1 fully saturated rings. The Balaban J connectivity index is 1.76. The smallest absolute Gasteiger partial charge is 0.123 e. The molecule has 20 heavy (non-hydrogen) atoms. The molecule has 2 unspecified atom stereocenters. The Morgan fingerprint density at radius 2 is 2.25 bits per heavy atom. The highest BCUT2D eigenvalue weighted by Gasteiger charge is 2.37. The van der Waals surface area contributed by atoms with Gasteiger partial charge in [0.2, 0.25) is 0 Å². The average Bonchev–Trinajstić information content (AvgIpc) is 2.99. The van der Waals surface area contributed by atoms with E-state index >= 15 is 0 Å². The standard InChI is InChI=1S/C16H23N3O/c1-16(11-20)9-5-8-14(16)17-10-15-18-12-6-3-4-7-13(12)19(15)2/h3-4,6-7,14,17,20H,5,8-11H2,1-2H3. The van der Waals surface area contributed by atoms with Crippen LogP contribution in [0, 0.1) is 5.41 Å². The summed E-state index contributed by atoms with van der Waals surface area (Å²) < 4.78 is 2.15. The molecule has 0 aliphatic heterocycles. The third-order valence-electron chi connectivity index (χ3n) is 4.83. The fraction of sp³-hybridized carbons (Fsp3) is 0.562. The molecule has 1 saturated carbocycles. The van der Waals surface area contributed by atoms with Crippen molar-refractivity contribution in [3.8, 4) is 0 Å². The van der Waals surface area contributed by atoms with E-state index in [-0.39, 0.29) is 12.0 Å². The van der Waals surface area contributed by atoms with Crippen molar-refractivity contribution in [3.63, 3.8) is 0 Å². The second kappa shape index (κ2) is 5.19. The highest BCUT2D eigenvalue weighted by Crippen LogP contribution is 2.37. The maximum atomic E-state index is 9.60. The Morgan fingerprint density at radius 1 is 1.45 bits per heavy atom. The lowest BCUT2D eigenvalue weighted by Gasteiger charge is -2.30. The summed E-state index contributed by atoms with van der Waals surface area (Å²) in [7, 11) is 2.06. The monoisotopic (exact) mass is 273 g/mol. The van der Waals surface area contributed by atoms with E-state index in [0.717, 1.165) is 30.7 Å². The molecule has 1 aliphatic carbocycles. The van der Waals surface area contributed by atoms with Gasteiger partial charge in [0, 0.05) is 25.1 Å². The van der Waals surface area contributed by atoms with E-state index in [1.165, 1.54) is 11.9 Å². The van der Waals surface area contributed by atoms with Crippen LogP contribution >= 0.6 is 0 Å². The van der Waals surface area contributed by atoms with Crippen LogP contribution in [0.1, 0.15) is 32.0 Å². The number of aryl methyl sites for hydroxylation is 1. The van der Waals surface area contributed by atoms with Crippen molar-refractivity contribution in [2.45, 2.75) is 38.8 Å². The molecule has 1 heterocycles. The lowest BCUT2D eigenvalue weighted by atomic mass is 9.86. The quantitative estimate of drug-likeness (QED) is 0.898. The number of aliphatic hydroxyl groups is 1. The largest absolute Gasteiger partial charge is 0.396 e. The van der Waals surface area contributed by atoms with Gasteiger partial charge in [0.15, 0.2) is 0 Å². The molecule has 1 aromatic heterocycles. The first-order chi connectivity index (χ1) is 9.64. The fourth-order valence-electron chi connectivity index (χ4n) is 3.34. The van der Waals surface area contributed by atoms with Crippen LogP contribution in [0.5, 0.6) is 0 Å². The molecular weight excluding hydrogens is 250 g/mol. The van der Waals surface area contributed by atoms with Crippen molar-refractivity contribution < 1.29 is 5.11 Å². The van der Waals surface area contributed by atoms with Crippen LogP contribution in [-0.4, -0.2) is 27.3 Å². The van der Waals surface area contributed by atoms with Gasteiger partial charge >= 0.3 is 0 Å². The van der Waals surface area contributed by atoms with E-state index in [4.69, 9.17) is 0 Å². The summed E-state index contributed by atoms with van der Waals surface area (Å²) in [4.78, 5) is 4.68. The molecule has 4 heteroatoms. The van der Waals surface area contributed by atoms with Gasteiger partial charge in [-0.05, 0) is 25.0 Å². The molecular formula is C16H23N3O. The lowest BCUT2D eigenvalue weighted by molar-refractivity contribution is 0.118. The Labute approximate surface area is 119 Å². The molecule has 2 N–H and O–H groups in total. The summed E-state index contributed by atoms with van der Waals surface area (Å²) in [6.07, 6.45) is 3.43. The van der Waals surface area contributed by atoms with Gasteiger partial charge in [-0.2, -0.15) is 0 Å². The molecule has 0 spiro atoms. The lowest BCUT2D eigenvalue weighted by Crippen LogP contribution is -2.41. The molecule has 1 aromatic carbocycles. The Bertz CT molecular complexity index is 607. The third-order valence-corrected chi connectivity index (χ3v) is 4.83. The van der Waals surface area contributed by atoms with Gasteiger partial charge < -0.3 is 15.0 Å². The van der Waals surface area contributed by atoms with E-state index in [9.17, 15) is 5.11 Å². The number of hydrogen-bond acceptors (Lipinski definition) is 3. The van der Waals surface area contributed by atoms with E-state index in [1.807, 2.05) is 18.2 Å². The summed E-state index contributed by atoms with van der Waals surface area (Å²) >= 11 is 0. The van der Waals surface area contributed by atoms with E-state index in [1.54, 1.807) is 0 Å². The second-order valence-electron chi connectivity index (χ2n) is 6.21. The number of hydrogen-bond donors (Lipinski definition) is 2. The first-order valence-corrected chi connectivity index (χ1v) is 7.39. The van der Waals surface area contributed by atoms with Crippen molar-refractivity contribution in [2.24, 2.45) is 12.5 Å². The minimum atomic E-state index is 0.0184. The van der Waals surface area contributed by atoms with Crippen molar-refractivity contribution in [3.05, 3.63) is 30.1 Å². The summed E-state index contributed by atoms with van der Waals surface area (Å²) in [5, 5.41) is 13.2. The fourth-order valence-corrected chi connectivity index (χ4v) is 3.34.